The fourth-order valence-corrected chi connectivity index (χ4v) is 6.35. The molecule has 0 bridgehead atoms. The molecule has 2 aromatic carbocycles. The van der Waals surface area contributed by atoms with Crippen molar-refractivity contribution in [3.63, 3.8) is 0 Å². The van der Waals surface area contributed by atoms with E-state index in [2.05, 4.69) is 26.3 Å². The summed E-state index contributed by atoms with van der Waals surface area (Å²) in [4.78, 5) is 25.9. The topological polar surface area (TPSA) is 108 Å². The Morgan fingerprint density at radius 3 is 2.49 bits per heavy atom. The summed E-state index contributed by atoms with van der Waals surface area (Å²) in [5, 5.41) is 3.80. The largest absolute Gasteiger partial charge is 0.361 e. The van der Waals surface area contributed by atoms with E-state index in [0.29, 0.717) is 44.0 Å². The van der Waals surface area contributed by atoms with E-state index in [-0.39, 0.29) is 10.8 Å². The Labute approximate surface area is 216 Å². The van der Waals surface area contributed by atoms with Crippen molar-refractivity contribution in [2.45, 2.75) is 36.3 Å². The molecule has 1 aliphatic heterocycles. The number of fused-ring (bicyclic) bond motifs is 1. The number of sulfone groups is 1. The molecule has 37 heavy (non-hydrogen) atoms. The van der Waals surface area contributed by atoms with Crippen molar-refractivity contribution in [1.82, 2.24) is 19.9 Å². The second-order valence-corrected chi connectivity index (χ2v) is 11.3. The first-order valence-electron chi connectivity index (χ1n) is 12.4. The third-order valence-electron chi connectivity index (χ3n) is 6.73. The van der Waals surface area contributed by atoms with Gasteiger partial charge in [-0.2, -0.15) is 0 Å². The number of amides is 1. The number of likely N-dealkylation sites (tertiary alicyclic amines) is 1. The smallest absolute Gasteiger partial charge is 0.227 e. The molecule has 1 aliphatic rings. The van der Waals surface area contributed by atoms with Gasteiger partial charge in [-0.1, -0.05) is 31.2 Å². The lowest BCUT2D eigenvalue weighted by Crippen LogP contribution is -2.42. The van der Waals surface area contributed by atoms with Gasteiger partial charge in [0.1, 0.15) is 0 Å². The van der Waals surface area contributed by atoms with Gasteiger partial charge in [-0.05, 0) is 54.8 Å². The molecule has 0 spiro atoms. The summed E-state index contributed by atoms with van der Waals surface area (Å²) in [6, 6.07) is 14.8. The van der Waals surface area contributed by atoms with Gasteiger partial charge in [0.05, 0.1) is 10.1 Å². The summed E-state index contributed by atoms with van der Waals surface area (Å²) in [5.41, 5.74) is 3.76. The summed E-state index contributed by atoms with van der Waals surface area (Å²) in [6.07, 6.45) is 10.8. The van der Waals surface area contributed by atoms with Crippen LogP contribution in [0, 0.1) is 0 Å². The van der Waals surface area contributed by atoms with Crippen LogP contribution >= 0.6 is 0 Å². The molecule has 0 unspecified atom stereocenters. The van der Waals surface area contributed by atoms with Crippen LogP contribution in [0.4, 0.5) is 11.6 Å². The first-order chi connectivity index (χ1) is 17.9. The molecule has 1 fully saturated rings. The zero-order chi connectivity index (χ0) is 25.8. The maximum Gasteiger partial charge on any atom is 0.227 e. The highest BCUT2D eigenvalue weighted by Gasteiger charge is 2.32. The number of piperidine rings is 1. The molecule has 190 valence electrons. The van der Waals surface area contributed by atoms with Crippen LogP contribution in [0.15, 0.2) is 72.0 Å². The Hall–Kier alpha value is -3.98. The van der Waals surface area contributed by atoms with Crippen molar-refractivity contribution in [3.8, 4) is 0 Å². The second-order valence-electron chi connectivity index (χ2n) is 9.09. The number of carbonyl (C=O) groups is 1. The second kappa shape index (κ2) is 10.6. The standard InChI is InChI=1S/C28H29N5O3S/c1-2-27(34)33-16-13-24(14-17-33)37(35,36)23-10-8-22(9-11-23)32-28-30-18-20(19-31-28)6-7-21-4-3-5-26-25(21)12-15-29-26/h3-12,15,18-19,24,29H,2,13-14,16-17H2,1H3,(H,30,31,32)/b7-6+. The van der Waals surface area contributed by atoms with Crippen molar-refractivity contribution in [2.24, 2.45) is 0 Å². The SMILES string of the molecule is CCC(=O)N1CCC(S(=O)(=O)c2ccc(Nc3ncc(/C=C/c4cccc5[nH]ccc45)cn3)cc2)CC1. The molecule has 1 saturated heterocycles. The number of anilines is 2. The Bertz CT molecular complexity index is 1520. The van der Waals surface area contributed by atoms with Gasteiger partial charge in [-0.3, -0.25) is 4.79 Å². The zero-order valence-corrected chi connectivity index (χ0v) is 21.4. The van der Waals surface area contributed by atoms with E-state index in [1.807, 2.05) is 43.5 Å². The highest BCUT2D eigenvalue weighted by Crippen LogP contribution is 2.26. The van der Waals surface area contributed by atoms with E-state index < -0.39 is 15.1 Å². The van der Waals surface area contributed by atoms with Crippen molar-refractivity contribution in [3.05, 3.63) is 78.2 Å². The molecule has 0 aliphatic carbocycles. The third-order valence-corrected chi connectivity index (χ3v) is 9.01. The number of nitrogens with zero attached hydrogens (tertiary/aromatic N) is 3. The summed E-state index contributed by atoms with van der Waals surface area (Å²) >= 11 is 0. The van der Waals surface area contributed by atoms with Gasteiger partial charge in [0.2, 0.25) is 11.9 Å². The lowest BCUT2D eigenvalue weighted by atomic mass is 10.1. The van der Waals surface area contributed by atoms with Gasteiger partial charge in [0.15, 0.2) is 9.84 Å². The van der Waals surface area contributed by atoms with E-state index in [4.69, 9.17) is 0 Å². The lowest BCUT2D eigenvalue weighted by Gasteiger charge is -2.31. The van der Waals surface area contributed by atoms with Gasteiger partial charge in [-0.15, -0.1) is 0 Å². The van der Waals surface area contributed by atoms with E-state index in [1.165, 1.54) is 0 Å². The average molecular weight is 516 g/mol. The van der Waals surface area contributed by atoms with Crippen LogP contribution < -0.4 is 5.32 Å². The fraction of sp³-hybridized carbons (Fsp3) is 0.250. The van der Waals surface area contributed by atoms with Crippen molar-refractivity contribution in [2.75, 3.05) is 18.4 Å². The monoisotopic (exact) mass is 515 g/mol. The molecule has 0 atom stereocenters. The minimum atomic E-state index is -3.46. The molecule has 0 saturated carbocycles. The molecule has 4 aromatic rings. The summed E-state index contributed by atoms with van der Waals surface area (Å²) in [7, 11) is -3.46. The van der Waals surface area contributed by atoms with E-state index in [9.17, 15) is 13.2 Å². The van der Waals surface area contributed by atoms with Gasteiger partial charge < -0.3 is 15.2 Å². The molecular formula is C28H29N5O3S. The molecule has 5 rings (SSSR count). The van der Waals surface area contributed by atoms with E-state index >= 15 is 0 Å². The van der Waals surface area contributed by atoms with E-state index in [1.54, 1.807) is 41.6 Å². The maximum atomic E-state index is 13.1. The van der Waals surface area contributed by atoms with Gasteiger partial charge in [0, 0.05) is 60.3 Å². The van der Waals surface area contributed by atoms with Crippen molar-refractivity contribution in [1.29, 1.82) is 0 Å². The normalized spacial score (nSPS) is 14.9. The zero-order valence-electron chi connectivity index (χ0n) is 20.6. The maximum absolute atomic E-state index is 13.1. The fourth-order valence-electron chi connectivity index (χ4n) is 4.62. The molecule has 3 heterocycles. The highest BCUT2D eigenvalue weighted by atomic mass is 32.2. The van der Waals surface area contributed by atoms with Crippen molar-refractivity contribution >= 4 is 50.4 Å². The molecule has 1 amide bonds. The summed E-state index contributed by atoms with van der Waals surface area (Å²) in [5.74, 6) is 0.500. The molecular weight excluding hydrogens is 486 g/mol. The van der Waals surface area contributed by atoms with Crippen LogP contribution in [0.5, 0.6) is 0 Å². The van der Waals surface area contributed by atoms with Crippen LogP contribution in [0.1, 0.15) is 37.3 Å². The molecule has 9 heteroatoms. The van der Waals surface area contributed by atoms with Crippen LogP contribution in [0.25, 0.3) is 23.1 Å². The number of rotatable bonds is 7. The average Bonchev–Trinajstić information content (AvgIpc) is 3.42. The first kappa shape index (κ1) is 24.7. The van der Waals surface area contributed by atoms with Gasteiger partial charge >= 0.3 is 0 Å². The van der Waals surface area contributed by atoms with E-state index in [0.717, 1.165) is 22.0 Å². The predicted molar refractivity (Wildman–Crippen MR) is 146 cm³/mol. The molecule has 2 N–H and O–H groups in total. The Morgan fingerprint density at radius 2 is 1.78 bits per heavy atom. The quantitative estimate of drug-likeness (QED) is 0.357. The number of aromatic amines is 1. The Balaban J connectivity index is 1.21. The minimum Gasteiger partial charge on any atom is -0.361 e. The predicted octanol–water partition coefficient (Wildman–Crippen LogP) is 5.05. The highest BCUT2D eigenvalue weighted by molar-refractivity contribution is 7.92. The van der Waals surface area contributed by atoms with Gasteiger partial charge in [0.25, 0.3) is 0 Å². The number of hydrogen-bond acceptors (Lipinski definition) is 6. The molecule has 0 radical (unpaired) electrons. The van der Waals surface area contributed by atoms with Crippen LogP contribution in [-0.4, -0.2) is 52.5 Å². The summed E-state index contributed by atoms with van der Waals surface area (Å²) in [6.45, 7) is 2.80. The van der Waals surface area contributed by atoms with Crippen molar-refractivity contribution < 1.29 is 13.2 Å². The Morgan fingerprint density at radius 1 is 1.05 bits per heavy atom. The number of H-pyrrole nitrogens is 1. The number of aromatic nitrogens is 3. The number of benzene rings is 2. The third kappa shape index (κ3) is 5.41. The van der Waals surface area contributed by atoms with Crippen LogP contribution in [0.2, 0.25) is 0 Å². The number of nitrogens with one attached hydrogen (secondary N) is 2. The lowest BCUT2D eigenvalue weighted by molar-refractivity contribution is -0.131. The minimum absolute atomic E-state index is 0.0758. The van der Waals surface area contributed by atoms with Crippen LogP contribution in [0.3, 0.4) is 0 Å². The molecule has 8 nitrogen and oxygen atoms in total. The number of carbonyl (C=O) groups excluding carboxylic acids is 1. The summed E-state index contributed by atoms with van der Waals surface area (Å²) < 4.78 is 26.2. The van der Waals surface area contributed by atoms with Crippen LogP contribution in [-0.2, 0) is 14.6 Å². The number of hydrogen-bond donors (Lipinski definition) is 2. The first-order valence-corrected chi connectivity index (χ1v) is 13.9. The van der Waals surface area contributed by atoms with Gasteiger partial charge in [-0.25, -0.2) is 18.4 Å². The Kier molecular flexibility index (Phi) is 7.05. The molecule has 2 aromatic heterocycles.